The molecule has 31 heavy (non-hydrogen) atoms. The van der Waals surface area contributed by atoms with E-state index in [2.05, 4.69) is 12.2 Å². The van der Waals surface area contributed by atoms with Crippen LogP contribution in [0.25, 0.3) is 0 Å². The highest BCUT2D eigenvalue weighted by atomic mass is 16.5. The lowest BCUT2D eigenvalue weighted by Gasteiger charge is -2.09. The molecule has 1 rings (SSSR count). The number of unbranched alkanes of at least 4 members (excludes halogenated alkanes) is 19. The molecule has 0 aliphatic carbocycles. The molecular formula is C27H51NO3. The van der Waals surface area contributed by atoms with Crippen LogP contribution in [-0.4, -0.2) is 24.5 Å². The highest BCUT2D eigenvalue weighted by Crippen LogP contribution is 2.15. The molecule has 1 aliphatic heterocycles. The number of amides is 1. The largest absolute Gasteiger partial charge is 0.464 e. The van der Waals surface area contributed by atoms with Crippen LogP contribution in [0.5, 0.6) is 0 Å². The van der Waals surface area contributed by atoms with Crippen molar-refractivity contribution in [1.29, 1.82) is 0 Å². The third-order valence-corrected chi connectivity index (χ3v) is 6.52. The van der Waals surface area contributed by atoms with Crippen molar-refractivity contribution >= 4 is 11.9 Å². The zero-order valence-electron chi connectivity index (χ0n) is 20.6. The van der Waals surface area contributed by atoms with Crippen molar-refractivity contribution in [3.63, 3.8) is 0 Å². The molecule has 4 heteroatoms. The summed E-state index contributed by atoms with van der Waals surface area (Å²) in [6, 6.07) is -0.405. The minimum Gasteiger partial charge on any atom is -0.464 e. The van der Waals surface area contributed by atoms with Gasteiger partial charge in [0.1, 0.15) is 6.04 Å². The smallest absolute Gasteiger partial charge is 0.328 e. The fourth-order valence-corrected chi connectivity index (χ4v) is 4.42. The van der Waals surface area contributed by atoms with Gasteiger partial charge in [-0.2, -0.15) is 0 Å². The molecular weight excluding hydrogens is 386 g/mol. The van der Waals surface area contributed by atoms with Crippen LogP contribution in [0, 0.1) is 0 Å². The standard InChI is InChI=1S/C27H51NO3/c1-2-3-4-5-6-7-8-9-10-11-12-13-14-15-16-17-18-19-20-21-24-31-27(30)25-22-23-26(29)28-25/h25H,2-24H2,1H3,(H,28,29)/t25-/m0/s1. The second kappa shape index (κ2) is 20.8. The summed E-state index contributed by atoms with van der Waals surface area (Å²) in [6.45, 7) is 2.78. The molecule has 1 amide bonds. The molecule has 1 heterocycles. The van der Waals surface area contributed by atoms with Gasteiger partial charge in [0.05, 0.1) is 6.61 Å². The van der Waals surface area contributed by atoms with Gasteiger partial charge in [-0.3, -0.25) is 4.79 Å². The number of rotatable bonds is 22. The van der Waals surface area contributed by atoms with E-state index in [9.17, 15) is 9.59 Å². The summed E-state index contributed by atoms with van der Waals surface area (Å²) in [7, 11) is 0. The van der Waals surface area contributed by atoms with E-state index in [1.807, 2.05) is 0 Å². The fourth-order valence-electron chi connectivity index (χ4n) is 4.42. The summed E-state index contributed by atoms with van der Waals surface area (Å²) in [5.41, 5.74) is 0. The van der Waals surface area contributed by atoms with Crippen LogP contribution in [0.2, 0.25) is 0 Å². The average Bonchev–Trinajstić information content (AvgIpc) is 3.21. The third kappa shape index (κ3) is 17.2. The fraction of sp³-hybridized carbons (Fsp3) is 0.926. The number of ether oxygens (including phenoxy) is 1. The van der Waals surface area contributed by atoms with Gasteiger partial charge in [0.25, 0.3) is 0 Å². The summed E-state index contributed by atoms with van der Waals surface area (Å²) < 4.78 is 5.26. The van der Waals surface area contributed by atoms with E-state index < -0.39 is 6.04 Å². The Balaban J connectivity index is 1.68. The molecule has 1 fully saturated rings. The van der Waals surface area contributed by atoms with Crippen molar-refractivity contribution in [2.45, 2.75) is 154 Å². The molecule has 0 saturated carbocycles. The predicted octanol–water partition coefficient (Wildman–Crippen LogP) is 7.63. The monoisotopic (exact) mass is 437 g/mol. The third-order valence-electron chi connectivity index (χ3n) is 6.52. The van der Waals surface area contributed by atoms with Crippen molar-refractivity contribution in [2.24, 2.45) is 0 Å². The Morgan fingerprint density at radius 3 is 1.45 bits per heavy atom. The van der Waals surface area contributed by atoms with E-state index in [1.54, 1.807) is 0 Å². The highest BCUT2D eigenvalue weighted by Gasteiger charge is 2.28. The van der Waals surface area contributed by atoms with E-state index in [0.717, 1.165) is 12.8 Å². The molecule has 0 aromatic heterocycles. The van der Waals surface area contributed by atoms with Gasteiger partial charge >= 0.3 is 5.97 Å². The number of hydrogen-bond donors (Lipinski definition) is 1. The van der Waals surface area contributed by atoms with Crippen molar-refractivity contribution in [3.8, 4) is 0 Å². The number of carbonyl (C=O) groups is 2. The number of hydrogen-bond acceptors (Lipinski definition) is 3. The Morgan fingerprint density at radius 1 is 0.710 bits per heavy atom. The summed E-state index contributed by atoms with van der Waals surface area (Å²) >= 11 is 0. The molecule has 182 valence electrons. The topological polar surface area (TPSA) is 55.4 Å². The van der Waals surface area contributed by atoms with Crippen molar-refractivity contribution < 1.29 is 14.3 Å². The first-order valence-electron chi connectivity index (χ1n) is 13.7. The molecule has 0 spiro atoms. The van der Waals surface area contributed by atoms with Gasteiger partial charge in [0.15, 0.2) is 0 Å². The Bertz CT molecular complexity index is 438. The molecule has 1 N–H and O–H groups in total. The first-order valence-corrected chi connectivity index (χ1v) is 13.7. The highest BCUT2D eigenvalue weighted by molar-refractivity contribution is 5.87. The predicted molar refractivity (Wildman–Crippen MR) is 130 cm³/mol. The second-order valence-electron chi connectivity index (χ2n) is 9.54. The van der Waals surface area contributed by atoms with Gasteiger partial charge < -0.3 is 10.1 Å². The number of carbonyl (C=O) groups excluding carboxylic acids is 2. The van der Waals surface area contributed by atoms with E-state index in [1.165, 1.54) is 116 Å². The quantitative estimate of drug-likeness (QED) is 0.140. The van der Waals surface area contributed by atoms with E-state index in [0.29, 0.717) is 19.4 Å². The molecule has 0 bridgehead atoms. The Hall–Kier alpha value is -1.06. The number of nitrogens with one attached hydrogen (secondary N) is 1. The van der Waals surface area contributed by atoms with E-state index >= 15 is 0 Å². The van der Waals surface area contributed by atoms with Gasteiger partial charge in [-0.25, -0.2) is 4.79 Å². The SMILES string of the molecule is CCCCCCCCCCCCCCCCCCCCCCOC(=O)[C@@H]1CCC(=O)N1. The van der Waals surface area contributed by atoms with Gasteiger partial charge in [0.2, 0.25) is 5.91 Å². The lowest BCUT2D eigenvalue weighted by molar-refractivity contribution is -0.146. The molecule has 1 aliphatic rings. The van der Waals surface area contributed by atoms with Crippen LogP contribution in [0.1, 0.15) is 148 Å². The zero-order valence-corrected chi connectivity index (χ0v) is 20.6. The van der Waals surface area contributed by atoms with Crippen LogP contribution in [0.3, 0.4) is 0 Å². The van der Waals surface area contributed by atoms with E-state index in [4.69, 9.17) is 4.74 Å². The summed E-state index contributed by atoms with van der Waals surface area (Å²) in [5, 5.41) is 2.65. The van der Waals surface area contributed by atoms with Crippen molar-refractivity contribution in [2.75, 3.05) is 6.61 Å². The maximum atomic E-state index is 11.8. The van der Waals surface area contributed by atoms with Gasteiger partial charge in [-0.15, -0.1) is 0 Å². The van der Waals surface area contributed by atoms with Crippen LogP contribution in [-0.2, 0) is 14.3 Å². The minimum absolute atomic E-state index is 0.0410. The van der Waals surface area contributed by atoms with Crippen LogP contribution < -0.4 is 5.32 Å². The van der Waals surface area contributed by atoms with E-state index in [-0.39, 0.29) is 11.9 Å². The van der Waals surface area contributed by atoms with Crippen LogP contribution >= 0.6 is 0 Å². The summed E-state index contributed by atoms with van der Waals surface area (Å²) in [5.74, 6) is -0.301. The Kier molecular flexibility index (Phi) is 18.8. The van der Waals surface area contributed by atoms with Crippen LogP contribution in [0.15, 0.2) is 0 Å². The molecule has 0 aromatic rings. The van der Waals surface area contributed by atoms with Crippen molar-refractivity contribution in [1.82, 2.24) is 5.32 Å². The summed E-state index contributed by atoms with van der Waals surface area (Å²) in [6.07, 6.45) is 28.3. The second-order valence-corrected chi connectivity index (χ2v) is 9.54. The van der Waals surface area contributed by atoms with Gasteiger partial charge in [-0.05, 0) is 12.8 Å². The molecule has 0 aromatic carbocycles. The van der Waals surface area contributed by atoms with Gasteiger partial charge in [-0.1, -0.05) is 129 Å². The first-order chi connectivity index (χ1) is 15.2. The maximum absolute atomic E-state index is 11.8. The number of esters is 1. The maximum Gasteiger partial charge on any atom is 0.328 e. The molecule has 4 nitrogen and oxygen atoms in total. The molecule has 1 saturated heterocycles. The first kappa shape index (κ1) is 28.0. The Labute approximate surface area is 192 Å². The molecule has 1 atom stereocenters. The van der Waals surface area contributed by atoms with Gasteiger partial charge in [0, 0.05) is 6.42 Å². The molecule has 0 radical (unpaired) electrons. The molecule has 0 unspecified atom stereocenters. The minimum atomic E-state index is -0.405. The Morgan fingerprint density at radius 2 is 1.10 bits per heavy atom. The zero-order chi connectivity index (χ0) is 22.4. The van der Waals surface area contributed by atoms with Crippen LogP contribution in [0.4, 0.5) is 0 Å². The normalized spacial score (nSPS) is 15.9. The average molecular weight is 438 g/mol. The summed E-state index contributed by atoms with van der Waals surface area (Å²) in [4.78, 5) is 22.9. The lowest BCUT2D eigenvalue weighted by Crippen LogP contribution is -2.34. The lowest BCUT2D eigenvalue weighted by atomic mass is 10.0. The van der Waals surface area contributed by atoms with Crippen molar-refractivity contribution in [3.05, 3.63) is 0 Å².